The van der Waals surface area contributed by atoms with Crippen molar-refractivity contribution in [2.75, 3.05) is 17.7 Å². The SMILES string of the molecule is COc1ccc(CNc2ccnc3ccsc23)cc1NC(C)=O. The predicted molar refractivity (Wildman–Crippen MR) is 94.2 cm³/mol. The number of benzene rings is 1. The molecule has 23 heavy (non-hydrogen) atoms. The molecule has 0 atom stereocenters. The van der Waals surface area contributed by atoms with E-state index in [0.29, 0.717) is 18.0 Å². The normalized spacial score (nSPS) is 10.5. The number of methoxy groups -OCH3 is 1. The van der Waals surface area contributed by atoms with Crippen LogP contribution in [0.15, 0.2) is 41.9 Å². The van der Waals surface area contributed by atoms with Crippen molar-refractivity contribution < 1.29 is 9.53 Å². The lowest BCUT2D eigenvalue weighted by Gasteiger charge is -2.12. The van der Waals surface area contributed by atoms with Gasteiger partial charge in [0.1, 0.15) is 5.75 Å². The molecule has 0 saturated heterocycles. The number of hydrogen-bond donors (Lipinski definition) is 2. The van der Waals surface area contributed by atoms with Crippen LogP contribution in [0.1, 0.15) is 12.5 Å². The third kappa shape index (κ3) is 3.43. The molecule has 0 radical (unpaired) electrons. The molecule has 1 aromatic carbocycles. The smallest absolute Gasteiger partial charge is 0.221 e. The molecule has 0 aliphatic heterocycles. The maximum absolute atomic E-state index is 11.3. The first-order valence-corrected chi connectivity index (χ1v) is 8.06. The van der Waals surface area contributed by atoms with Crippen LogP contribution in [0.4, 0.5) is 11.4 Å². The van der Waals surface area contributed by atoms with Crippen LogP contribution in [-0.4, -0.2) is 18.0 Å². The Bertz CT molecular complexity index is 845. The number of pyridine rings is 1. The zero-order valence-electron chi connectivity index (χ0n) is 12.9. The van der Waals surface area contributed by atoms with Crippen molar-refractivity contribution in [3.63, 3.8) is 0 Å². The molecular weight excluding hydrogens is 310 g/mol. The number of ether oxygens (including phenoxy) is 1. The van der Waals surface area contributed by atoms with Crippen LogP contribution < -0.4 is 15.4 Å². The molecule has 0 saturated carbocycles. The largest absolute Gasteiger partial charge is 0.495 e. The van der Waals surface area contributed by atoms with Crippen molar-refractivity contribution in [2.45, 2.75) is 13.5 Å². The van der Waals surface area contributed by atoms with Gasteiger partial charge in [-0.15, -0.1) is 11.3 Å². The minimum absolute atomic E-state index is 0.122. The average molecular weight is 327 g/mol. The van der Waals surface area contributed by atoms with Crippen molar-refractivity contribution in [1.82, 2.24) is 4.98 Å². The van der Waals surface area contributed by atoms with Crippen molar-refractivity contribution in [1.29, 1.82) is 0 Å². The molecule has 0 bridgehead atoms. The summed E-state index contributed by atoms with van der Waals surface area (Å²) in [5.41, 5.74) is 3.78. The number of carbonyl (C=O) groups is 1. The Kier molecular flexibility index (Phi) is 4.43. The summed E-state index contributed by atoms with van der Waals surface area (Å²) in [6, 6.07) is 9.73. The highest BCUT2D eigenvalue weighted by Gasteiger charge is 2.07. The number of fused-ring (bicyclic) bond motifs is 1. The third-order valence-corrected chi connectivity index (χ3v) is 4.34. The molecule has 1 amide bonds. The summed E-state index contributed by atoms with van der Waals surface area (Å²) in [6.07, 6.45) is 1.80. The number of rotatable bonds is 5. The first kappa shape index (κ1) is 15.3. The second kappa shape index (κ2) is 6.66. The fourth-order valence-electron chi connectivity index (χ4n) is 2.36. The van der Waals surface area contributed by atoms with Gasteiger partial charge in [-0.2, -0.15) is 0 Å². The van der Waals surface area contributed by atoms with E-state index in [2.05, 4.69) is 15.6 Å². The van der Waals surface area contributed by atoms with Crippen LogP contribution >= 0.6 is 11.3 Å². The van der Waals surface area contributed by atoms with E-state index >= 15 is 0 Å². The Morgan fingerprint density at radius 1 is 1.26 bits per heavy atom. The molecule has 5 nitrogen and oxygen atoms in total. The van der Waals surface area contributed by atoms with E-state index < -0.39 is 0 Å². The molecule has 0 aliphatic carbocycles. The molecule has 3 rings (SSSR count). The Balaban J connectivity index is 1.80. The summed E-state index contributed by atoms with van der Waals surface area (Å²) in [7, 11) is 1.59. The van der Waals surface area contributed by atoms with E-state index in [0.717, 1.165) is 21.5 Å². The van der Waals surface area contributed by atoms with Gasteiger partial charge >= 0.3 is 0 Å². The number of hydrogen-bond acceptors (Lipinski definition) is 5. The zero-order chi connectivity index (χ0) is 16.2. The van der Waals surface area contributed by atoms with E-state index in [1.165, 1.54) is 6.92 Å². The minimum Gasteiger partial charge on any atom is -0.495 e. The number of amides is 1. The Hall–Kier alpha value is -2.60. The number of nitrogens with one attached hydrogen (secondary N) is 2. The Morgan fingerprint density at radius 3 is 2.91 bits per heavy atom. The summed E-state index contributed by atoms with van der Waals surface area (Å²) in [5, 5.41) is 8.25. The van der Waals surface area contributed by atoms with Gasteiger partial charge in [-0.25, -0.2) is 0 Å². The van der Waals surface area contributed by atoms with Gasteiger partial charge < -0.3 is 15.4 Å². The van der Waals surface area contributed by atoms with Gasteiger partial charge in [0.25, 0.3) is 0 Å². The summed E-state index contributed by atoms with van der Waals surface area (Å²) in [4.78, 5) is 15.6. The topological polar surface area (TPSA) is 63.2 Å². The van der Waals surface area contributed by atoms with E-state index in [9.17, 15) is 4.79 Å². The van der Waals surface area contributed by atoms with Crippen LogP contribution in [0.25, 0.3) is 10.2 Å². The van der Waals surface area contributed by atoms with Gasteiger partial charge in [0.2, 0.25) is 5.91 Å². The second-order valence-corrected chi connectivity index (χ2v) is 5.98. The molecule has 2 heterocycles. The van der Waals surface area contributed by atoms with Crippen molar-refractivity contribution in [3.05, 3.63) is 47.5 Å². The second-order valence-electron chi connectivity index (χ2n) is 5.06. The monoisotopic (exact) mass is 327 g/mol. The highest BCUT2D eigenvalue weighted by atomic mass is 32.1. The van der Waals surface area contributed by atoms with Gasteiger partial charge in [0, 0.05) is 19.7 Å². The van der Waals surface area contributed by atoms with Gasteiger partial charge in [-0.05, 0) is 35.2 Å². The molecule has 2 aromatic heterocycles. The van der Waals surface area contributed by atoms with E-state index in [4.69, 9.17) is 4.74 Å². The number of thiophene rings is 1. The molecule has 118 valence electrons. The Labute approximate surface area is 138 Å². The quantitative estimate of drug-likeness (QED) is 0.746. The fourth-order valence-corrected chi connectivity index (χ4v) is 3.20. The van der Waals surface area contributed by atoms with Crippen LogP contribution in [0.3, 0.4) is 0 Å². The summed E-state index contributed by atoms with van der Waals surface area (Å²) in [5.74, 6) is 0.524. The van der Waals surface area contributed by atoms with E-state index in [1.54, 1.807) is 24.6 Å². The first-order chi connectivity index (χ1) is 11.2. The molecule has 0 fully saturated rings. The fraction of sp³-hybridized carbons (Fsp3) is 0.176. The molecular formula is C17H17N3O2S. The molecule has 3 aromatic rings. The highest BCUT2D eigenvalue weighted by Crippen LogP contribution is 2.29. The predicted octanol–water partition coefficient (Wildman–Crippen LogP) is 3.88. The first-order valence-electron chi connectivity index (χ1n) is 7.18. The van der Waals surface area contributed by atoms with Crippen LogP contribution in [0.5, 0.6) is 5.75 Å². The van der Waals surface area contributed by atoms with Crippen molar-refractivity contribution in [2.24, 2.45) is 0 Å². The van der Waals surface area contributed by atoms with E-state index in [-0.39, 0.29) is 5.91 Å². The molecule has 2 N–H and O–H groups in total. The third-order valence-electron chi connectivity index (χ3n) is 3.40. The van der Waals surface area contributed by atoms with E-state index in [1.807, 2.05) is 35.7 Å². The molecule has 0 unspecified atom stereocenters. The zero-order valence-corrected chi connectivity index (χ0v) is 13.7. The van der Waals surface area contributed by atoms with Crippen molar-refractivity contribution >= 4 is 38.8 Å². The van der Waals surface area contributed by atoms with Gasteiger partial charge in [-0.3, -0.25) is 9.78 Å². The maximum atomic E-state index is 11.3. The summed E-state index contributed by atoms with van der Waals surface area (Å²) >= 11 is 1.66. The van der Waals surface area contributed by atoms with Crippen LogP contribution in [-0.2, 0) is 11.3 Å². The number of anilines is 2. The lowest BCUT2D eigenvalue weighted by molar-refractivity contribution is -0.114. The Morgan fingerprint density at radius 2 is 2.13 bits per heavy atom. The molecule has 0 aliphatic rings. The molecule has 6 heteroatoms. The summed E-state index contributed by atoms with van der Waals surface area (Å²) < 4.78 is 6.41. The summed E-state index contributed by atoms with van der Waals surface area (Å²) in [6.45, 7) is 2.13. The lowest BCUT2D eigenvalue weighted by atomic mass is 10.1. The maximum Gasteiger partial charge on any atom is 0.221 e. The van der Waals surface area contributed by atoms with Crippen LogP contribution in [0, 0.1) is 0 Å². The minimum atomic E-state index is -0.122. The number of nitrogens with zero attached hydrogens (tertiary/aromatic N) is 1. The number of aromatic nitrogens is 1. The van der Waals surface area contributed by atoms with Gasteiger partial charge in [0.15, 0.2) is 0 Å². The van der Waals surface area contributed by atoms with Gasteiger partial charge in [0.05, 0.1) is 28.7 Å². The standard InChI is InChI=1S/C17H17N3O2S/c1-11(21)20-15-9-12(3-4-16(15)22-2)10-19-13-5-7-18-14-6-8-23-17(13)14/h3-9H,10H2,1-2H3,(H,18,19)(H,20,21). The number of carbonyl (C=O) groups excluding carboxylic acids is 1. The average Bonchev–Trinajstić information content (AvgIpc) is 3.01. The molecule has 0 spiro atoms. The van der Waals surface area contributed by atoms with Crippen LogP contribution in [0.2, 0.25) is 0 Å². The van der Waals surface area contributed by atoms with Gasteiger partial charge in [-0.1, -0.05) is 6.07 Å². The highest BCUT2D eigenvalue weighted by molar-refractivity contribution is 7.17. The lowest BCUT2D eigenvalue weighted by Crippen LogP contribution is -2.08. The van der Waals surface area contributed by atoms with Crippen molar-refractivity contribution in [3.8, 4) is 5.75 Å².